The van der Waals surface area contributed by atoms with Crippen LogP contribution in [0.3, 0.4) is 0 Å². The van der Waals surface area contributed by atoms with Crippen LogP contribution < -0.4 is 0 Å². The van der Waals surface area contributed by atoms with Crippen LogP contribution in [0, 0.1) is 0 Å². The van der Waals surface area contributed by atoms with Gasteiger partial charge in [0.25, 0.3) is 0 Å². The number of ether oxygens (including phenoxy) is 1. The molecular weight excluding hydrogens is 386 g/mol. The molecule has 0 saturated carbocycles. The minimum absolute atomic E-state index is 0.00455. The van der Waals surface area contributed by atoms with Crippen molar-refractivity contribution in [1.82, 2.24) is 4.90 Å². The third-order valence-corrected chi connectivity index (χ3v) is 6.02. The van der Waals surface area contributed by atoms with Crippen LogP contribution in [0.5, 0.6) is 0 Å². The molecule has 31 heavy (non-hydrogen) atoms. The lowest BCUT2D eigenvalue weighted by atomic mass is 9.74. The quantitative estimate of drug-likeness (QED) is 0.535. The first-order valence-electron chi connectivity index (χ1n) is 10.7. The summed E-state index contributed by atoms with van der Waals surface area (Å²) in [6, 6.07) is 29.7. The van der Waals surface area contributed by atoms with Crippen molar-refractivity contribution in [1.29, 1.82) is 0 Å². The van der Waals surface area contributed by atoms with E-state index in [1.807, 2.05) is 71.6 Å². The summed E-state index contributed by atoms with van der Waals surface area (Å²) in [5, 5.41) is 0. The average molecular weight is 414 g/mol. The molecule has 0 unspecified atom stereocenters. The van der Waals surface area contributed by atoms with Crippen LogP contribution in [0.15, 0.2) is 91.0 Å². The minimum atomic E-state index is -0.356. The normalized spacial score (nSPS) is 23.2. The van der Waals surface area contributed by atoms with Crippen molar-refractivity contribution in [2.24, 2.45) is 0 Å². The summed E-state index contributed by atoms with van der Waals surface area (Å²) in [5.74, 6) is -0.470. The topological polar surface area (TPSA) is 46.6 Å². The van der Waals surface area contributed by atoms with Crippen LogP contribution in [0.4, 0.5) is 0 Å². The minimum Gasteiger partial charge on any atom is -0.462 e. The first-order chi connectivity index (χ1) is 15.1. The predicted octanol–water partition coefficient (Wildman–Crippen LogP) is 5.44. The summed E-state index contributed by atoms with van der Waals surface area (Å²) in [6.07, 6.45) is 0.192. The molecule has 4 nitrogen and oxygen atoms in total. The molecule has 1 fully saturated rings. The third kappa shape index (κ3) is 4.38. The summed E-state index contributed by atoms with van der Waals surface area (Å²) in [5.41, 5.74) is 3.13. The van der Waals surface area contributed by atoms with Gasteiger partial charge in [-0.25, -0.2) is 0 Å². The maximum Gasteiger partial charge on any atom is 0.302 e. The van der Waals surface area contributed by atoms with E-state index >= 15 is 0 Å². The van der Waals surface area contributed by atoms with E-state index < -0.39 is 0 Å². The van der Waals surface area contributed by atoms with Gasteiger partial charge in [0.1, 0.15) is 6.10 Å². The van der Waals surface area contributed by atoms with E-state index in [0.29, 0.717) is 6.42 Å². The molecule has 4 atom stereocenters. The van der Waals surface area contributed by atoms with E-state index in [1.165, 1.54) is 6.92 Å². The van der Waals surface area contributed by atoms with Crippen LogP contribution >= 0.6 is 0 Å². The molecule has 0 spiro atoms. The fourth-order valence-corrected chi connectivity index (χ4v) is 4.86. The highest BCUT2D eigenvalue weighted by Crippen LogP contribution is 2.50. The highest BCUT2D eigenvalue weighted by atomic mass is 16.5. The number of hydrogen-bond donors (Lipinski definition) is 0. The van der Waals surface area contributed by atoms with Gasteiger partial charge in [0.15, 0.2) is 0 Å². The molecule has 3 aromatic carbocycles. The lowest BCUT2D eigenvalue weighted by Gasteiger charge is -2.50. The molecule has 1 aliphatic rings. The van der Waals surface area contributed by atoms with Gasteiger partial charge in [0, 0.05) is 26.2 Å². The summed E-state index contributed by atoms with van der Waals surface area (Å²) < 4.78 is 5.91. The molecule has 0 bridgehead atoms. The van der Waals surface area contributed by atoms with Gasteiger partial charge in [-0.15, -0.1) is 0 Å². The molecule has 1 heterocycles. The van der Waals surface area contributed by atoms with Crippen LogP contribution in [0.25, 0.3) is 0 Å². The number of likely N-dealkylation sites (tertiary alicyclic amines) is 1. The zero-order chi connectivity index (χ0) is 21.8. The summed E-state index contributed by atoms with van der Waals surface area (Å²) in [4.78, 5) is 27.2. The molecule has 1 amide bonds. The number of rotatable bonds is 4. The van der Waals surface area contributed by atoms with Gasteiger partial charge in [-0.3, -0.25) is 9.59 Å². The lowest BCUT2D eigenvalue weighted by Crippen LogP contribution is -2.49. The molecule has 0 aromatic heterocycles. The summed E-state index contributed by atoms with van der Waals surface area (Å²) in [6.45, 7) is 3.08. The van der Waals surface area contributed by atoms with Crippen molar-refractivity contribution >= 4 is 11.9 Å². The van der Waals surface area contributed by atoms with Gasteiger partial charge in [-0.05, 0) is 16.7 Å². The van der Waals surface area contributed by atoms with E-state index in [4.69, 9.17) is 4.74 Å². The summed E-state index contributed by atoms with van der Waals surface area (Å²) >= 11 is 0. The van der Waals surface area contributed by atoms with Crippen molar-refractivity contribution in [3.8, 4) is 0 Å². The SMILES string of the molecule is CC(=O)O[C@@H]1C[C@H](c2ccccc2)N(C(C)=O)[C@@H](c2ccccc2)[C@H]1c1ccccc1. The molecular formula is C27H27NO3. The van der Waals surface area contributed by atoms with Crippen LogP contribution in [-0.4, -0.2) is 22.9 Å². The molecule has 0 aliphatic carbocycles. The Morgan fingerprint density at radius 1 is 0.742 bits per heavy atom. The van der Waals surface area contributed by atoms with Crippen molar-refractivity contribution in [3.63, 3.8) is 0 Å². The number of nitrogens with zero attached hydrogens (tertiary/aromatic N) is 1. The fourth-order valence-electron chi connectivity index (χ4n) is 4.86. The van der Waals surface area contributed by atoms with Crippen molar-refractivity contribution in [2.75, 3.05) is 0 Å². The van der Waals surface area contributed by atoms with Gasteiger partial charge in [-0.1, -0.05) is 91.0 Å². The Bertz CT molecular complexity index is 1020. The first kappa shape index (κ1) is 20.9. The molecule has 0 N–H and O–H groups in total. The Morgan fingerprint density at radius 3 is 1.71 bits per heavy atom. The number of benzene rings is 3. The number of esters is 1. The monoisotopic (exact) mass is 413 g/mol. The molecule has 0 radical (unpaired) electrons. The number of amides is 1. The number of hydrogen-bond acceptors (Lipinski definition) is 3. The van der Waals surface area contributed by atoms with Gasteiger partial charge >= 0.3 is 5.97 Å². The fraction of sp³-hybridized carbons (Fsp3) is 0.259. The first-order valence-corrected chi connectivity index (χ1v) is 10.7. The van der Waals surface area contributed by atoms with Gasteiger partial charge in [0.05, 0.1) is 12.1 Å². The number of carbonyl (C=O) groups excluding carboxylic acids is 2. The van der Waals surface area contributed by atoms with Crippen molar-refractivity contribution < 1.29 is 14.3 Å². The largest absolute Gasteiger partial charge is 0.462 e. The Kier molecular flexibility index (Phi) is 6.17. The van der Waals surface area contributed by atoms with E-state index in [2.05, 4.69) is 24.3 Å². The van der Waals surface area contributed by atoms with Crippen LogP contribution in [0.1, 0.15) is 55.0 Å². The van der Waals surface area contributed by atoms with Crippen molar-refractivity contribution in [2.45, 2.75) is 44.4 Å². The predicted molar refractivity (Wildman–Crippen MR) is 120 cm³/mol. The van der Waals surface area contributed by atoms with Crippen LogP contribution in [0.2, 0.25) is 0 Å². The van der Waals surface area contributed by atoms with Crippen LogP contribution in [-0.2, 0) is 14.3 Å². The molecule has 4 rings (SSSR count). The highest BCUT2D eigenvalue weighted by Gasteiger charge is 2.47. The average Bonchev–Trinajstić information content (AvgIpc) is 2.79. The molecule has 3 aromatic rings. The van der Waals surface area contributed by atoms with E-state index in [-0.39, 0.29) is 36.0 Å². The van der Waals surface area contributed by atoms with Gasteiger partial charge < -0.3 is 9.64 Å². The Balaban J connectivity index is 1.91. The summed E-state index contributed by atoms with van der Waals surface area (Å²) in [7, 11) is 0. The Morgan fingerprint density at radius 2 is 1.23 bits per heavy atom. The standard InChI is InChI=1S/C27H27NO3/c1-19(29)28-24(21-12-6-3-7-13-21)18-25(31-20(2)30)26(22-14-8-4-9-15-22)27(28)23-16-10-5-11-17-23/h3-17,24-27H,18H2,1-2H3/t24-,25-,26+,27+/m1/s1. The van der Waals surface area contributed by atoms with E-state index in [1.54, 1.807) is 6.92 Å². The molecule has 1 aliphatic heterocycles. The maximum atomic E-state index is 13.1. The maximum absolute atomic E-state index is 13.1. The lowest BCUT2D eigenvalue weighted by molar-refractivity contribution is -0.157. The smallest absolute Gasteiger partial charge is 0.302 e. The number of carbonyl (C=O) groups is 2. The molecule has 1 saturated heterocycles. The zero-order valence-electron chi connectivity index (χ0n) is 17.8. The second-order valence-corrected chi connectivity index (χ2v) is 8.03. The third-order valence-electron chi connectivity index (χ3n) is 6.02. The highest BCUT2D eigenvalue weighted by molar-refractivity contribution is 5.75. The van der Waals surface area contributed by atoms with E-state index in [9.17, 15) is 9.59 Å². The van der Waals surface area contributed by atoms with Gasteiger partial charge in [0.2, 0.25) is 5.91 Å². The van der Waals surface area contributed by atoms with E-state index in [0.717, 1.165) is 16.7 Å². The number of piperidine rings is 1. The zero-order valence-corrected chi connectivity index (χ0v) is 17.8. The molecule has 158 valence electrons. The van der Waals surface area contributed by atoms with Gasteiger partial charge in [-0.2, -0.15) is 0 Å². The Labute approximate surface area is 183 Å². The Hall–Kier alpha value is -3.40. The second kappa shape index (κ2) is 9.17. The molecule has 4 heteroatoms. The second-order valence-electron chi connectivity index (χ2n) is 8.03. The van der Waals surface area contributed by atoms with Crippen molar-refractivity contribution in [3.05, 3.63) is 108 Å².